The molecular formula is C49H72ClN3O9. The van der Waals surface area contributed by atoms with E-state index in [-0.39, 0.29) is 29.1 Å². The van der Waals surface area contributed by atoms with Gasteiger partial charge in [-0.15, -0.1) is 6.42 Å². The summed E-state index contributed by atoms with van der Waals surface area (Å²) in [6, 6.07) is 17.4. The molecule has 0 aromatic heterocycles. The normalized spacial score (nSPS) is 15.5. The number of terminal acetylenes is 1. The number of benzene rings is 2. The average Bonchev–Trinajstić information content (AvgIpc) is 3.59. The molecule has 1 amide bonds. The lowest BCUT2D eigenvalue weighted by Crippen LogP contribution is -3.00. The highest BCUT2D eigenvalue weighted by atomic mass is 35.5. The number of ether oxygens (including phenoxy) is 8. The van der Waals surface area contributed by atoms with Gasteiger partial charge in [-0.2, -0.15) is 4.58 Å². The number of halogens is 1. The topological polar surface area (TPSA) is 109 Å². The first-order valence-electron chi connectivity index (χ1n) is 22.0. The van der Waals surface area contributed by atoms with Crippen LogP contribution in [0, 0.1) is 12.3 Å². The Balaban J connectivity index is 0.0000102. The summed E-state index contributed by atoms with van der Waals surface area (Å²) in [7, 11) is 2.16. The number of amides is 1. The Morgan fingerprint density at radius 3 is 1.73 bits per heavy atom. The molecule has 0 radical (unpaired) electrons. The van der Waals surface area contributed by atoms with E-state index in [2.05, 4.69) is 122 Å². The lowest BCUT2D eigenvalue weighted by molar-refractivity contribution is -0.401. The lowest BCUT2D eigenvalue weighted by atomic mass is 9.81. The fourth-order valence-electron chi connectivity index (χ4n) is 7.67. The van der Waals surface area contributed by atoms with Gasteiger partial charge in [-0.3, -0.25) is 4.79 Å². The van der Waals surface area contributed by atoms with Crippen molar-refractivity contribution >= 4 is 23.0 Å². The first-order chi connectivity index (χ1) is 29.7. The fourth-order valence-corrected chi connectivity index (χ4v) is 7.67. The zero-order valence-electron chi connectivity index (χ0n) is 37.9. The highest BCUT2D eigenvalue weighted by Gasteiger charge is 2.43. The summed E-state index contributed by atoms with van der Waals surface area (Å²) in [6.45, 7) is 18.3. The number of para-hydroxylation sites is 2. The van der Waals surface area contributed by atoms with Crippen molar-refractivity contribution in [2.75, 3.05) is 131 Å². The third kappa shape index (κ3) is 17.2. The molecule has 4 rings (SSSR count). The van der Waals surface area contributed by atoms with Crippen molar-refractivity contribution in [1.29, 1.82) is 0 Å². The molecule has 0 spiro atoms. The zero-order valence-corrected chi connectivity index (χ0v) is 38.7. The fraction of sp³-hybridized carbons (Fsp3) is 0.592. The highest BCUT2D eigenvalue weighted by Crippen LogP contribution is 2.48. The van der Waals surface area contributed by atoms with Gasteiger partial charge in [0.1, 0.15) is 13.7 Å². The molecule has 0 bridgehead atoms. The molecule has 344 valence electrons. The third-order valence-electron chi connectivity index (χ3n) is 10.9. The van der Waals surface area contributed by atoms with Crippen LogP contribution < -0.4 is 22.6 Å². The molecule has 13 heteroatoms. The van der Waals surface area contributed by atoms with Crippen LogP contribution in [0.3, 0.4) is 0 Å². The van der Waals surface area contributed by atoms with Crippen LogP contribution in [0.5, 0.6) is 0 Å². The monoisotopic (exact) mass is 881 g/mol. The molecule has 0 atom stereocenters. The zero-order chi connectivity index (χ0) is 43.6. The lowest BCUT2D eigenvalue weighted by Gasteiger charge is -2.27. The molecule has 1 N–H and O–H groups in total. The second-order valence-electron chi connectivity index (χ2n) is 16.0. The van der Waals surface area contributed by atoms with Gasteiger partial charge >= 0.3 is 0 Å². The molecule has 2 heterocycles. The van der Waals surface area contributed by atoms with Gasteiger partial charge in [0, 0.05) is 54.0 Å². The Hall–Kier alpha value is -3.61. The summed E-state index contributed by atoms with van der Waals surface area (Å²) in [5, 5.41) is 2.98. The van der Waals surface area contributed by atoms with Gasteiger partial charge in [-0.05, 0) is 44.4 Å². The van der Waals surface area contributed by atoms with E-state index in [0.717, 1.165) is 25.8 Å². The van der Waals surface area contributed by atoms with Crippen molar-refractivity contribution in [2.24, 2.45) is 0 Å². The van der Waals surface area contributed by atoms with Crippen LogP contribution in [0.2, 0.25) is 0 Å². The molecule has 12 nitrogen and oxygen atoms in total. The predicted octanol–water partition coefficient (Wildman–Crippen LogP) is 3.38. The Bertz CT molecular complexity index is 1740. The first kappa shape index (κ1) is 52.7. The van der Waals surface area contributed by atoms with Crippen molar-refractivity contribution in [3.63, 3.8) is 0 Å². The van der Waals surface area contributed by atoms with Crippen LogP contribution in [0.1, 0.15) is 64.5 Å². The van der Waals surface area contributed by atoms with Crippen molar-refractivity contribution in [2.45, 2.75) is 64.2 Å². The van der Waals surface area contributed by atoms with E-state index < -0.39 is 0 Å². The molecule has 0 saturated carbocycles. The maximum Gasteiger partial charge on any atom is 0.220 e. The van der Waals surface area contributed by atoms with Crippen LogP contribution in [-0.4, -0.2) is 142 Å². The van der Waals surface area contributed by atoms with Crippen molar-refractivity contribution < 1.29 is 59.7 Å². The van der Waals surface area contributed by atoms with Gasteiger partial charge in [-0.25, -0.2) is 0 Å². The standard InChI is InChI=1S/C49H71N3O9.ClH/c1-7-25-54-27-29-56-31-33-58-35-37-60-39-40-61-38-36-59-34-32-57-30-28-55-26-23-50-47(53)22-9-8-14-24-52-44-19-13-11-17-42(44)49(4,5)46(52)21-15-20-45-48(2,3)41-16-10-12-18-43(41)51(45)6;/h1,10-13,15-21H,8-9,14,22-40H2,2-6H3;1H. The number of rotatable bonds is 33. The summed E-state index contributed by atoms with van der Waals surface area (Å²) < 4.78 is 45.9. The largest absolute Gasteiger partial charge is 1.00 e. The molecule has 0 unspecified atom stereocenters. The van der Waals surface area contributed by atoms with Gasteiger partial charge in [0.2, 0.25) is 11.6 Å². The summed E-state index contributed by atoms with van der Waals surface area (Å²) in [4.78, 5) is 15.0. The summed E-state index contributed by atoms with van der Waals surface area (Å²) >= 11 is 0. The minimum atomic E-state index is -0.114. The first-order valence-corrected chi connectivity index (χ1v) is 22.0. The highest BCUT2D eigenvalue weighted by molar-refractivity contribution is 6.03. The van der Waals surface area contributed by atoms with Gasteiger partial charge < -0.3 is 60.5 Å². The van der Waals surface area contributed by atoms with Crippen LogP contribution in [0.4, 0.5) is 11.4 Å². The molecular weight excluding hydrogens is 810 g/mol. The molecule has 2 aliphatic rings. The molecule has 2 aliphatic heterocycles. The number of fused-ring (bicyclic) bond motifs is 2. The molecule has 62 heavy (non-hydrogen) atoms. The van der Waals surface area contributed by atoms with E-state index in [0.29, 0.717) is 119 Å². The average molecular weight is 883 g/mol. The Morgan fingerprint density at radius 1 is 0.677 bits per heavy atom. The summed E-state index contributed by atoms with van der Waals surface area (Å²) in [5.41, 5.74) is 7.67. The van der Waals surface area contributed by atoms with Crippen LogP contribution in [0.25, 0.3) is 0 Å². The number of hydrogen-bond donors (Lipinski definition) is 1. The number of nitrogens with zero attached hydrogens (tertiary/aromatic N) is 2. The number of anilines is 1. The van der Waals surface area contributed by atoms with Crippen LogP contribution in [-0.2, 0) is 53.5 Å². The van der Waals surface area contributed by atoms with E-state index in [9.17, 15) is 4.79 Å². The molecule has 0 saturated heterocycles. The number of carbonyl (C=O) groups excluding carboxylic acids is 1. The quantitative estimate of drug-likeness (QED) is 0.0652. The minimum absolute atomic E-state index is 0. The van der Waals surface area contributed by atoms with Gasteiger partial charge in [0.15, 0.2) is 5.71 Å². The Kier molecular flexibility index (Phi) is 25.3. The maximum atomic E-state index is 12.5. The number of allylic oxidation sites excluding steroid dienone is 4. The summed E-state index contributed by atoms with van der Waals surface area (Å²) in [5.74, 6) is 2.47. The van der Waals surface area contributed by atoms with Crippen molar-refractivity contribution in [1.82, 2.24) is 5.32 Å². The van der Waals surface area contributed by atoms with Crippen molar-refractivity contribution in [3.8, 4) is 12.3 Å². The second-order valence-corrected chi connectivity index (χ2v) is 16.0. The number of nitrogens with one attached hydrogen (secondary N) is 1. The minimum Gasteiger partial charge on any atom is -1.00 e. The van der Waals surface area contributed by atoms with Gasteiger partial charge in [-0.1, -0.05) is 68.7 Å². The summed E-state index contributed by atoms with van der Waals surface area (Å²) in [6.07, 6.45) is 15.3. The van der Waals surface area contributed by atoms with E-state index in [1.54, 1.807) is 0 Å². The maximum absolute atomic E-state index is 12.5. The van der Waals surface area contributed by atoms with Crippen molar-refractivity contribution in [3.05, 3.63) is 83.6 Å². The SMILES string of the molecule is C#CCOCCOCCOCCOCCOCCOCCOCCOCCNC(=O)CCCCCN1/C(=C\C=C\C2=[N+](C)c3ccccc3C2(C)C)C(C)(C)c2ccccc21.[Cl-]. The van der Waals surface area contributed by atoms with E-state index in [1.807, 2.05) is 0 Å². The Labute approximate surface area is 377 Å². The van der Waals surface area contributed by atoms with Gasteiger partial charge in [0.05, 0.1) is 105 Å². The number of carbonyl (C=O) groups is 1. The van der Waals surface area contributed by atoms with E-state index >= 15 is 0 Å². The molecule has 0 aliphatic carbocycles. The van der Waals surface area contributed by atoms with E-state index in [1.165, 1.54) is 33.9 Å². The Morgan fingerprint density at radius 2 is 1.18 bits per heavy atom. The predicted molar refractivity (Wildman–Crippen MR) is 241 cm³/mol. The third-order valence-corrected chi connectivity index (χ3v) is 10.9. The number of hydrogen-bond acceptors (Lipinski definition) is 10. The van der Waals surface area contributed by atoms with E-state index in [4.69, 9.17) is 44.3 Å². The second kappa shape index (κ2) is 29.7. The van der Waals surface area contributed by atoms with Gasteiger partial charge in [0.25, 0.3) is 0 Å². The molecule has 0 fully saturated rings. The van der Waals surface area contributed by atoms with Crippen LogP contribution in [0.15, 0.2) is 72.5 Å². The smallest absolute Gasteiger partial charge is 0.220 e. The molecule has 2 aromatic carbocycles. The number of unbranched alkanes of at least 4 members (excludes halogenated alkanes) is 2. The van der Waals surface area contributed by atoms with Crippen LogP contribution >= 0.6 is 0 Å². The molecule has 2 aromatic rings.